The van der Waals surface area contributed by atoms with Gasteiger partial charge in [0.1, 0.15) is 5.75 Å². The summed E-state index contributed by atoms with van der Waals surface area (Å²) in [6.07, 6.45) is 1.34. The van der Waals surface area contributed by atoms with Crippen molar-refractivity contribution in [3.8, 4) is 5.75 Å². The summed E-state index contributed by atoms with van der Waals surface area (Å²) < 4.78 is 5.47. The number of hydrogen-bond acceptors (Lipinski definition) is 5. The van der Waals surface area contributed by atoms with E-state index in [2.05, 4.69) is 15.6 Å². The molecule has 6 nitrogen and oxygen atoms in total. The zero-order valence-electron chi connectivity index (χ0n) is 11.3. The van der Waals surface area contributed by atoms with E-state index in [1.54, 1.807) is 30.6 Å². The molecule has 0 aliphatic carbocycles. The highest BCUT2D eigenvalue weighted by Gasteiger charge is 2.23. The van der Waals surface area contributed by atoms with Crippen molar-refractivity contribution in [3.05, 3.63) is 35.3 Å². The van der Waals surface area contributed by atoms with Gasteiger partial charge in [-0.15, -0.1) is 11.3 Å². The van der Waals surface area contributed by atoms with Crippen molar-refractivity contribution >= 4 is 34.0 Å². The minimum absolute atomic E-state index is 0.152. The van der Waals surface area contributed by atoms with E-state index in [-0.39, 0.29) is 18.2 Å². The minimum Gasteiger partial charge on any atom is -0.479 e. The topological polar surface area (TPSA) is 80.3 Å². The summed E-state index contributed by atoms with van der Waals surface area (Å²) in [5.74, 6) is 0.277. The molecule has 2 N–H and O–H groups in total. The van der Waals surface area contributed by atoms with Crippen LogP contribution in [0.5, 0.6) is 5.75 Å². The lowest BCUT2D eigenvalue weighted by Crippen LogP contribution is -2.34. The number of ether oxygens (including phenoxy) is 1. The van der Waals surface area contributed by atoms with Crippen molar-refractivity contribution in [3.63, 3.8) is 0 Å². The zero-order chi connectivity index (χ0) is 14.8. The second-order valence-corrected chi connectivity index (χ2v) is 5.54. The molecule has 7 heteroatoms. The van der Waals surface area contributed by atoms with Crippen molar-refractivity contribution < 1.29 is 14.3 Å². The lowest BCUT2D eigenvalue weighted by molar-refractivity contribution is -0.122. The van der Waals surface area contributed by atoms with E-state index in [4.69, 9.17) is 4.74 Å². The first-order valence-electron chi connectivity index (χ1n) is 6.41. The predicted octanol–water partition coefficient (Wildman–Crippen LogP) is 2.04. The van der Waals surface area contributed by atoms with Gasteiger partial charge < -0.3 is 15.4 Å². The van der Waals surface area contributed by atoms with Crippen LogP contribution in [0.1, 0.15) is 12.5 Å². The van der Waals surface area contributed by atoms with Gasteiger partial charge in [0, 0.05) is 11.6 Å². The molecule has 21 heavy (non-hydrogen) atoms. The van der Waals surface area contributed by atoms with Crippen molar-refractivity contribution in [1.29, 1.82) is 0 Å². The maximum absolute atomic E-state index is 11.9. The lowest BCUT2D eigenvalue weighted by Gasteiger charge is -2.23. The van der Waals surface area contributed by atoms with E-state index in [1.807, 2.05) is 6.07 Å². The molecule has 0 fully saturated rings. The van der Waals surface area contributed by atoms with Gasteiger partial charge in [-0.3, -0.25) is 9.59 Å². The van der Waals surface area contributed by atoms with Crippen LogP contribution in [0.25, 0.3) is 0 Å². The SMILES string of the molecule is CC1Oc2ccc(CC(=O)Nc3nccs3)cc2NC1=O. The molecule has 1 aromatic carbocycles. The Balaban J connectivity index is 1.71. The first-order valence-corrected chi connectivity index (χ1v) is 7.29. The van der Waals surface area contributed by atoms with E-state index >= 15 is 0 Å². The maximum atomic E-state index is 11.9. The molecule has 3 rings (SSSR count). The van der Waals surface area contributed by atoms with Gasteiger partial charge in [-0.1, -0.05) is 6.07 Å². The van der Waals surface area contributed by atoms with Crippen LogP contribution in [-0.4, -0.2) is 22.9 Å². The fraction of sp³-hybridized carbons (Fsp3) is 0.214. The van der Waals surface area contributed by atoms with Crippen molar-refractivity contribution in [2.45, 2.75) is 19.4 Å². The van der Waals surface area contributed by atoms with Gasteiger partial charge in [0.2, 0.25) is 5.91 Å². The third kappa shape index (κ3) is 3.03. The first-order chi connectivity index (χ1) is 10.1. The number of benzene rings is 1. The quantitative estimate of drug-likeness (QED) is 0.909. The highest BCUT2D eigenvalue weighted by atomic mass is 32.1. The van der Waals surface area contributed by atoms with Crippen LogP contribution in [0.4, 0.5) is 10.8 Å². The molecule has 1 unspecified atom stereocenters. The van der Waals surface area contributed by atoms with Crippen LogP contribution in [-0.2, 0) is 16.0 Å². The largest absolute Gasteiger partial charge is 0.479 e. The minimum atomic E-state index is -0.503. The molecule has 1 aliphatic heterocycles. The van der Waals surface area contributed by atoms with Crippen LogP contribution < -0.4 is 15.4 Å². The Kier molecular flexibility index (Phi) is 3.57. The standard InChI is InChI=1S/C14H13N3O3S/c1-8-13(19)16-10-6-9(2-3-11(10)20-8)7-12(18)17-14-15-4-5-21-14/h2-6,8H,7H2,1H3,(H,16,19)(H,15,17,18). The Morgan fingerprint density at radius 3 is 3.14 bits per heavy atom. The number of nitrogens with zero attached hydrogens (tertiary/aromatic N) is 1. The van der Waals surface area contributed by atoms with Gasteiger partial charge in [-0.2, -0.15) is 0 Å². The summed E-state index contributed by atoms with van der Waals surface area (Å²) >= 11 is 1.37. The second kappa shape index (κ2) is 5.53. The molecule has 2 aromatic rings. The van der Waals surface area contributed by atoms with E-state index in [0.717, 1.165) is 5.56 Å². The maximum Gasteiger partial charge on any atom is 0.265 e. The Labute approximate surface area is 125 Å². The number of rotatable bonds is 3. The van der Waals surface area contributed by atoms with Gasteiger partial charge >= 0.3 is 0 Å². The summed E-state index contributed by atoms with van der Waals surface area (Å²) in [7, 11) is 0. The number of nitrogens with one attached hydrogen (secondary N) is 2. The molecule has 1 atom stereocenters. The number of hydrogen-bond donors (Lipinski definition) is 2. The van der Waals surface area contributed by atoms with Gasteiger partial charge in [0.25, 0.3) is 5.91 Å². The summed E-state index contributed by atoms with van der Waals surface area (Å²) in [5, 5.41) is 7.85. The molecule has 1 aromatic heterocycles. The number of aromatic nitrogens is 1. The molecule has 108 valence electrons. The van der Waals surface area contributed by atoms with Gasteiger partial charge in [0.05, 0.1) is 12.1 Å². The fourth-order valence-electron chi connectivity index (χ4n) is 2.00. The fourth-order valence-corrected chi connectivity index (χ4v) is 2.55. The summed E-state index contributed by atoms with van der Waals surface area (Å²) in [4.78, 5) is 27.5. The number of thiazole rings is 1. The third-order valence-electron chi connectivity index (χ3n) is 3.02. The van der Waals surface area contributed by atoms with Crippen molar-refractivity contribution in [1.82, 2.24) is 4.98 Å². The van der Waals surface area contributed by atoms with E-state index in [1.165, 1.54) is 11.3 Å². The number of carbonyl (C=O) groups is 2. The molecule has 0 saturated carbocycles. The number of anilines is 2. The summed E-state index contributed by atoms with van der Waals surface area (Å²) in [6.45, 7) is 1.69. The van der Waals surface area contributed by atoms with Gasteiger partial charge in [0.15, 0.2) is 11.2 Å². The number of fused-ring (bicyclic) bond motifs is 1. The molecule has 2 amide bonds. The normalized spacial score (nSPS) is 16.6. The van der Waals surface area contributed by atoms with Crippen LogP contribution in [0.15, 0.2) is 29.8 Å². The lowest BCUT2D eigenvalue weighted by atomic mass is 10.1. The molecule has 2 heterocycles. The predicted molar refractivity (Wildman–Crippen MR) is 79.6 cm³/mol. The first kappa shape index (κ1) is 13.6. The molecule has 0 spiro atoms. The highest BCUT2D eigenvalue weighted by Crippen LogP contribution is 2.30. The van der Waals surface area contributed by atoms with E-state index in [9.17, 15) is 9.59 Å². The Morgan fingerprint density at radius 2 is 2.38 bits per heavy atom. The summed E-state index contributed by atoms with van der Waals surface area (Å²) in [6, 6.07) is 5.32. The Hall–Kier alpha value is -2.41. The van der Waals surface area contributed by atoms with Crippen LogP contribution in [0.3, 0.4) is 0 Å². The van der Waals surface area contributed by atoms with Gasteiger partial charge in [-0.05, 0) is 24.6 Å². The zero-order valence-corrected chi connectivity index (χ0v) is 12.1. The Morgan fingerprint density at radius 1 is 1.52 bits per heavy atom. The van der Waals surface area contributed by atoms with Crippen LogP contribution in [0.2, 0.25) is 0 Å². The summed E-state index contributed by atoms with van der Waals surface area (Å²) in [5.41, 5.74) is 1.39. The average molecular weight is 303 g/mol. The Bertz CT molecular complexity index is 685. The van der Waals surface area contributed by atoms with Crippen molar-refractivity contribution in [2.75, 3.05) is 10.6 Å². The third-order valence-corrected chi connectivity index (χ3v) is 3.71. The second-order valence-electron chi connectivity index (χ2n) is 4.64. The van der Waals surface area contributed by atoms with Gasteiger partial charge in [-0.25, -0.2) is 4.98 Å². The van der Waals surface area contributed by atoms with Crippen molar-refractivity contribution in [2.24, 2.45) is 0 Å². The molecule has 0 radical (unpaired) electrons. The molecule has 0 saturated heterocycles. The van der Waals surface area contributed by atoms with Crippen LogP contribution in [0, 0.1) is 0 Å². The number of carbonyl (C=O) groups excluding carboxylic acids is 2. The van der Waals surface area contributed by atoms with E-state index < -0.39 is 6.10 Å². The number of amides is 2. The van der Waals surface area contributed by atoms with Crippen LogP contribution >= 0.6 is 11.3 Å². The molecular weight excluding hydrogens is 290 g/mol. The molecular formula is C14H13N3O3S. The monoisotopic (exact) mass is 303 g/mol. The molecule has 0 bridgehead atoms. The molecule has 1 aliphatic rings. The average Bonchev–Trinajstić information content (AvgIpc) is 2.93. The smallest absolute Gasteiger partial charge is 0.265 e. The highest BCUT2D eigenvalue weighted by molar-refractivity contribution is 7.13. The van der Waals surface area contributed by atoms with E-state index in [0.29, 0.717) is 16.6 Å².